The Morgan fingerprint density at radius 3 is 2.44 bits per heavy atom. The average Bonchev–Trinajstić information content (AvgIpc) is 3.10. The number of primary amides is 1. The standard InChI is InChI=1S/C13H16N2O3/c1-7(2)12-10(8-3-4-8)5-9(15(17)18)6-11(12)13(14)16/h5-8H,3-4H2,1-2H3,(H2,14,16). The van der Waals surface area contributed by atoms with Crippen molar-refractivity contribution >= 4 is 11.6 Å². The van der Waals surface area contributed by atoms with Gasteiger partial charge in [0.2, 0.25) is 5.91 Å². The summed E-state index contributed by atoms with van der Waals surface area (Å²) >= 11 is 0. The van der Waals surface area contributed by atoms with Crippen LogP contribution in [0.5, 0.6) is 0 Å². The van der Waals surface area contributed by atoms with Gasteiger partial charge in [-0.3, -0.25) is 14.9 Å². The van der Waals surface area contributed by atoms with E-state index in [1.165, 1.54) is 6.07 Å². The molecule has 0 spiro atoms. The molecule has 0 aromatic heterocycles. The Morgan fingerprint density at radius 1 is 1.44 bits per heavy atom. The molecule has 0 aliphatic heterocycles. The third-order valence-corrected chi connectivity index (χ3v) is 3.27. The number of benzene rings is 1. The van der Waals surface area contributed by atoms with E-state index in [-0.39, 0.29) is 11.6 Å². The van der Waals surface area contributed by atoms with Crippen LogP contribution in [-0.2, 0) is 0 Å². The Balaban J connectivity index is 2.67. The van der Waals surface area contributed by atoms with Crippen molar-refractivity contribution in [3.8, 4) is 0 Å². The highest BCUT2D eigenvalue weighted by Gasteiger charge is 2.31. The first-order valence-corrected chi connectivity index (χ1v) is 6.03. The second kappa shape index (κ2) is 4.40. The van der Waals surface area contributed by atoms with Gasteiger partial charge < -0.3 is 5.73 Å². The number of hydrogen-bond donors (Lipinski definition) is 1. The third kappa shape index (κ3) is 2.20. The number of carbonyl (C=O) groups is 1. The summed E-state index contributed by atoms with van der Waals surface area (Å²) in [4.78, 5) is 21.9. The zero-order valence-electron chi connectivity index (χ0n) is 10.5. The molecule has 2 rings (SSSR count). The molecule has 18 heavy (non-hydrogen) atoms. The molecule has 1 aliphatic rings. The number of amides is 1. The number of nitro benzene ring substituents is 1. The summed E-state index contributed by atoms with van der Waals surface area (Å²) in [6.07, 6.45) is 2.05. The maximum absolute atomic E-state index is 11.5. The van der Waals surface area contributed by atoms with Crippen molar-refractivity contribution in [2.75, 3.05) is 0 Å². The molecular formula is C13H16N2O3. The molecule has 96 valence electrons. The van der Waals surface area contributed by atoms with Crippen molar-refractivity contribution in [1.29, 1.82) is 0 Å². The molecule has 2 N–H and O–H groups in total. The second-order valence-electron chi connectivity index (χ2n) is 5.05. The Bertz CT molecular complexity index is 519. The van der Waals surface area contributed by atoms with Crippen molar-refractivity contribution in [2.45, 2.75) is 38.5 Å². The van der Waals surface area contributed by atoms with Crippen molar-refractivity contribution < 1.29 is 9.72 Å². The summed E-state index contributed by atoms with van der Waals surface area (Å²) < 4.78 is 0. The van der Waals surface area contributed by atoms with Crippen LogP contribution in [0.15, 0.2) is 12.1 Å². The van der Waals surface area contributed by atoms with Crippen LogP contribution in [0.3, 0.4) is 0 Å². The van der Waals surface area contributed by atoms with Gasteiger partial charge in [0.05, 0.1) is 4.92 Å². The third-order valence-electron chi connectivity index (χ3n) is 3.27. The van der Waals surface area contributed by atoms with Gasteiger partial charge in [-0.05, 0) is 35.8 Å². The molecule has 0 heterocycles. The van der Waals surface area contributed by atoms with Crippen LogP contribution >= 0.6 is 0 Å². The van der Waals surface area contributed by atoms with Gasteiger partial charge in [0, 0.05) is 17.7 Å². The number of rotatable bonds is 4. The lowest BCUT2D eigenvalue weighted by Gasteiger charge is -2.16. The zero-order chi connectivity index (χ0) is 13.4. The normalized spacial score (nSPS) is 14.8. The van der Waals surface area contributed by atoms with E-state index in [1.807, 2.05) is 13.8 Å². The molecule has 1 aromatic carbocycles. The molecular weight excluding hydrogens is 232 g/mol. The topological polar surface area (TPSA) is 86.2 Å². The minimum Gasteiger partial charge on any atom is -0.366 e. The van der Waals surface area contributed by atoms with Gasteiger partial charge in [0.1, 0.15) is 0 Å². The largest absolute Gasteiger partial charge is 0.366 e. The van der Waals surface area contributed by atoms with E-state index in [9.17, 15) is 14.9 Å². The molecule has 0 unspecified atom stereocenters. The first-order valence-electron chi connectivity index (χ1n) is 6.03. The van der Waals surface area contributed by atoms with E-state index < -0.39 is 10.8 Å². The number of hydrogen-bond acceptors (Lipinski definition) is 3. The van der Waals surface area contributed by atoms with Gasteiger partial charge in [-0.1, -0.05) is 13.8 Å². The number of carbonyl (C=O) groups excluding carboxylic acids is 1. The second-order valence-corrected chi connectivity index (χ2v) is 5.05. The van der Waals surface area contributed by atoms with Crippen LogP contribution in [0.2, 0.25) is 0 Å². The Hall–Kier alpha value is -1.91. The van der Waals surface area contributed by atoms with Crippen molar-refractivity contribution in [3.05, 3.63) is 38.9 Å². The average molecular weight is 248 g/mol. The fourth-order valence-corrected chi connectivity index (χ4v) is 2.35. The predicted octanol–water partition coefficient (Wildman–Crippen LogP) is 2.69. The first-order chi connectivity index (χ1) is 8.41. The number of nitrogens with zero attached hydrogens (tertiary/aromatic N) is 1. The van der Waals surface area contributed by atoms with E-state index >= 15 is 0 Å². The lowest BCUT2D eigenvalue weighted by Crippen LogP contribution is -2.16. The lowest BCUT2D eigenvalue weighted by molar-refractivity contribution is -0.385. The molecule has 0 radical (unpaired) electrons. The summed E-state index contributed by atoms with van der Waals surface area (Å²) in [6.45, 7) is 3.94. The van der Waals surface area contributed by atoms with Crippen LogP contribution in [0, 0.1) is 10.1 Å². The first kappa shape index (κ1) is 12.5. The fraction of sp³-hybridized carbons (Fsp3) is 0.462. The molecule has 1 aliphatic carbocycles. The highest BCUT2D eigenvalue weighted by molar-refractivity contribution is 5.95. The minimum atomic E-state index is -0.593. The number of nitro groups is 1. The van der Waals surface area contributed by atoms with Crippen molar-refractivity contribution in [1.82, 2.24) is 0 Å². The van der Waals surface area contributed by atoms with Gasteiger partial charge >= 0.3 is 0 Å². The number of non-ortho nitro benzene ring substituents is 1. The van der Waals surface area contributed by atoms with E-state index in [4.69, 9.17) is 5.73 Å². The summed E-state index contributed by atoms with van der Waals surface area (Å²) in [6, 6.07) is 2.89. The molecule has 0 bridgehead atoms. The van der Waals surface area contributed by atoms with Crippen molar-refractivity contribution in [3.63, 3.8) is 0 Å². The monoisotopic (exact) mass is 248 g/mol. The van der Waals surface area contributed by atoms with Gasteiger partial charge in [-0.2, -0.15) is 0 Å². The predicted molar refractivity (Wildman–Crippen MR) is 67.7 cm³/mol. The molecule has 1 amide bonds. The lowest BCUT2D eigenvalue weighted by atomic mass is 9.89. The van der Waals surface area contributed by atoms with Gasteiger partial charge in [0.15, 0.2) is 0 Å². The Morgan fingerprint density at radius 2 is 2.06 bits per heavy atom. The van der Waals surface area contributed by atoms with E-state index in [2.05, 4.69) is 0 Å². The zero-order valence-corrected chi connectivity index (χ0v) is 10.5. The number of nitrogens with two attached hydrogens (primary N) is 1. The summed E-state index contributed by atoms with van der Waals surface area (Å²) in [5, 5.41) is 10.9. The maximum atomic E-state index is 11.5. The smallest absolute Gasteiger partial charge is 0.270 e. The van der Waals surface area contributed by atoms with Gasteiger partial charge in [-0.15, -0.1) is 0 Å². The van der Waals surface area contributed by atoms with Crippen molar-refractivity contribution in [2.24, 2.45) is 5.73 Å². The molecule has 1 aromatic rings. The van der Waals surface area contributed by atoms with Crippen LogP contribution < -0.4 is 5.73 Å². The summed E-state index contributed by atoms with van der Waals surface area (Å²) in [7, 11) is 0. The van der Waals surface area contributed by atoms with Crippen LogP contribution in [0.1, 0.15) is 60.0 Å². The highest BCUT2D eigenvalue weighted by atomic mass is 16.6. The highest BCUT2D eigenvalue weighted by Crippen LogP contribution is 2.45. The van der Waals surface area contributed by atoms with E-state index in [0.717, 1.165) is 24.0 Å². The summed E-state index contributed by atoms with van der Waals surface area (Å²) in [5.74, 6) is -0.117. The van der Waals surface area contributed by atoms with Gasteiger partial charge in [0.25, 0.3) is 5.69 Å². The minimum absolute atomic E-state index is 0.0462. The maximum Gasteiger partial charge on any atom is 0.270 e. The fourth-order valence-electron chi connectivity index (χ4n) is 2.35. The SMILES string of the molecule is CC(C)c1c(C(N)=O)cc([N+](=O)[O-])cc1C1CC1. The van der Waals surface area contributed by atoms with Crippen LogP contribution in [0.4, 0.5) is 5.69 Å². The molecule has 0 atom stereocenters. The Labute approximate surface area is 105 Å². The molecule has 0 saturated heterocycles. The van der Waals surface area contributed by atoms with Crippen LogP contribution in [0.25, 0.3) is 0 Å². The Kier molecular flexibility index (Phi) is 3.07. The quantitative estimate of drug-likeness (QED) is 0.656. The molecule has 1 fully saturated rings. The molecule has 1 saturated carbocycles. The van der Waals surface area contributed by atoms with Gasteiger partial charge in [-0.25, -0.2) is 0 Å². The summed E-state index contributed by atoms with van der Waals surface area (Å²) in [5.41, 5.74) is 7.39. The molecule has 5 nitrogen and oxygen atoms in total. The van der Waals surface area contributed by atoms with E-state index in [1.54, 1.807) is 6.07 Å². The van der Waals surface area contributed by atoms with E-state index in [0.29, 0.717) is 11.5 Å². The molecule has 5 heteroatoms. The van der Waals surface area contributed by atoms with Crippen LogP contribution in [-0.4, -0.2) is 10.8 Å².